The second-order valence-electron chi connectivity index (χ2n) is 4.16. The molecule has 0 aromatic rings. The highest BCUT2D eigenvalue weighted by atomic mass is 15.2. The molecular weight excluding hydrogens is 136 g/mol. The number of fused-ring (bicyclic) bond motifs is 3. The Kier molecular flexibility index (Phi) is 1.69. The number of hydrogen-bond donors (Lipinski definition) is 1. The van der Waals surface area contributed by atoms with Gasteiger partial charge in [-0.3, -0.25) is 4.90 Å². The van der Waals surface area contributed by atoms with Crippen molar-refractivity contribution < 1.29 is 0 Å². The summed E-state index contributed by atoms with van der Waals surface area (Å²) in [4.78, 5) is 2.55. The molecule has 3 aliphatic rings. The molecule has 2 saturated heterocycles. The van der Waals surface area contributed by atoms with Gasteiger partial charge in [0.05, 0.1) is 0 Å². The summed E-state index contributed by atoms with van der Waals surface area (Å²) in [5, 5.41) is 0. The second kappa shape index (κ2) is 2.46. The summed E-state index contributed by atoms with van der Waals surface area (Å²) in [6.07, 6.45) is 5.19. The average Bonchev–Trinajstić information content (AvgIpc) is 2.04. The van der Waals surface area contributed by atoms with Gasteiger partial charge in [0.2, 0.25) is 0 Å². The van der Waals surface area contributed by atoms with Crippen LogP contribution in [0.25, 0.3) is 0 Å². The number of nitrogens with zero attached hydrogens (tertiary/aromatic N) is 1. The minimum Gasteiger partial charge on any atom is -0.324 e. The van der Waals surface area contributed by atoms with E-state index in [-0.39, 0.29) is 5.54 Å². The van der Waals surface area contributed by atoms with E-state index in [4.69, 9.17) is 5.73 Å². The molecule has 0 spiro atoms. The molecule has 64 valence electrons. The van der Waals surface area contributed by atoms with Crippen molar-refractivity contribution >= 4 is 0 Å². The highest BCUT2D eigenvalue weighted by Crippen LogP contribution is 2.35. The van der Waals surface area contributed by atoms with E-state index in [1.807, 2.05) is 0 Å². The van der Waals surface area contributed by atoms with Gasteiger partial charge in [-0.05, 0) is 32.2 Å². The Morgan fingerprint density at radius 2 is 2.09 bits per heavy atom. The lowest BCUT2D eigenvalue weighted by atomic mass is 9.74. The Labute approximate surface area is 68.7 Å². The predicted octanol–water partition coefficient (Wildman–Crippen LogP) is 0.962. The molecule has 2 aliphatic heterocycles. The summed E-state index contributed by atoms with van der Waals surface area (Å²) in [7, 11) is 0. The van der Waals surface area contributed by atoms with Crippen molar-refractivity contribution in [1.29, 1.82) is 0 Å². The predicted molar refractivity (Wildman–Crippen MR) is 46.4 cm³/mol. The molecule has 3 rings (SSSR count). The summed E-state index contributed by atoms with van der Waals surface area (Å²) in [6, 6.07) is 0.866. The smallest absolute Gasteiger partial charge is 0.0284 e. The fourth-order valence-electron chi connectivity index (χ4n) is 2.60. The van der Waals surface area contributed by atoms with Gasteiger partial charge in [-0.25, -0.2) is 0 Å². The van der Waals surface area contributed by atoms with Gasteiger partial charge in [-0.15, -0.1) is 0 Å². The fourth-order valence-corrected chi connectivity index (χ4v) is 2.60. The van der Waals surface area contributed by atoms with Crippen molar-refractivity contribution in [1.82, 2.24) is 4.90 Å². The van der Waals surface area contributed by atoms with E-state index in [2.05, 4.69) is 11.8 Å². The number of likely N-dealkylation sites (N-methyl/N-ethyl adjacent to an activating group) is 1. The van der Waals surface area contributed by atoms with E-state index in [0.717, 1.165) is 12.6 Å². The van der Waals surface area contributed by atoms with E-state index < -0.39 is 0 Å². The third kappa shape index (κ3) is 1.18. The molecule has 0 atom stereocenters. The maximum Gasteiger partial charge on any atom is 0.0284 e. The van der Waals surface area contributed by atoms with E-state index in [1.165, 1.54) is 32.2 Å². The van der Waals surface area contributed by atoms with Crippen molar-refractivity contribution in [2.24, 2.45) is 5.73 Å². The summed E-state index contributed by atoms with van der Waals surface area (Å²) in [5.41, 5.74) is 6.41. The Hall–Kier alpha value is -0.0800. The van der Waals surface area contributed by atoms with Crippen LogP contribution >= 0.6 is 0 Å². The van der Waals surface area contributed by atoms with Crippen LogP contribution in [0.5, 0.6) is 0 Å². The maximum absolute atomic E-state index is 6.22. The zero-order valence-corrected chi connectivity index (χ0v) is 7.34. The van der Waals surface area contributed by atoms with Gasteiger partial charge in [0.1, 0.15) is 0 Å². The normalized spacial score (nSPS) is 44.7. The summed E-state index contributed by atoms with van der Waals surface area (Å²) < 4.78 is 0. The van der Waals surface area contributed by atoms with Crippen LogP contribution in [-0.4, -0.2) is 29.6 Å². The number of nitrogens with two attached hydrogens (primary N) is 1. The van der Waals surface area contributed by atoms with Crippen LogP contribution in [0.3, 0.4) is 0 Å². The van der Waals surface area contributed by atoms with Gasteiger partial charge >= 0.3 is 0 Å². The molecule has 2 bridgehead atoms. The molecule has 2 N–H and O–H groups in total. The zero-order chi connectivity index (χ0) is 7.90. The molecule has 2 nitrogen and oxygen atoms in total. The van der Waals surface area contributed by atoms with Crippen LogP contribution in [0.15, 0.2) is 0 Å². The van der Waals surface area contributed by atoms with Gasteiger partial charge in [-0.2, -0.15) is 0 Å². The lowest BCUT2D eigenvalue weighted by molar-refractivity contribution is 0.0343. The van der Waals surface area contributed by atoms with Crippen LogP contribution in [0.2, 0.25) is 0 Å². The Morgan fingerprint density at radius 3 is 2.45 bits per heavy atom. The second-order valence-corrected chi connectivity index (χ2v) is 4.16. The molecule has 1 saturated carbocycles. The fraction of sp³-hybridized carbons (Fsp3) is 1.00. The van der Waals surface area contributed by atoms with E-state index in [9.17, 15) is 0 Å². The minimum absolute atomic E-state index is 0.185. The quantitative estimate of drug-likeness (QED) is 0.609. The first-order chi connectivity index (χ1) is 5.23. The van der Waals surface area contributed by atoms with E-state index in [1.54, 1.807) is 0 Å². The van der Waals surface area contributed by atoms with Gasteiger partial charge in [0, 0.05) is 18.1 Å². The molecule has 0 aromatic carbocycles. The van der Waals surface area contributed by atoms with Gasteiger partial charge in [0.25, 0.3) is 0 Å². The first kappa shape index (κ1) is 7.56. The first-order valence-corrected chi connectivity index (χ1v) is 4.76. The SMILES string of the molecule is CCN1C[C@]2(N)CC[C@H]1CC2. The molecular formula is C9H18N2. The van der Waals surface area contributed by atoms with Crippen LogP contribution < -0.4 is 5.73 Å². The molecule has 0 aromatic heterocycles. The number of rotatable bonds is 1. The van der Waals surface area contributed by atoms with Crippen LogP contribution in [0.1, 0.15) is 32.6 Å². The maximum atomic E-state index is 6.22. The van der Waals surface area contributed by atoms with Crippen molar-refractivity contribution in [3.63, 3.8) is 0 Å². The highest BCUT2D eigenvalue weighted by molar-refractivity contribution is 5.00. The van der Waals surface area contributed by atoms with Crippen LogP contribution in [-0.2, 0) is 0 Å². The third-order valence-electron chi connectivity index (χ3n) is 3.39. The lowest BCUT2D eigenvalue weighted by Crippen LogP contribution is -2.62. The van der Waals surface area contributed by atoms with Crippen LogP contribution in [0.4, 0.5) is 0 Å². The van der Waals surface area contributed by atoms with E-state index in [0.29, 0.717) is 0 Å². The molecule has 2 heterocycles. The van der Waals surface area contributed by atoms with Gasteiger partial charge in [0.15, 0.2) is 0 Å². The van der Waals surface area contributed by atoms with Gasteiger partial charge in [-0.1, -0.05) is 6.92 Å². The zero-order valence-electron chi connectivity index (χ0n) is 7.34. The van der Waals surface area contributed by atoms with Crippen LogP contribution in [0, 0.1) is 0 Å². The van der Waals surface area contributed by atoms with E-state index >= 15 is 0 Å². The number of piperidine rings is 2. The van der Waals surface area contributed by atoms with Crippen molar-refractivity contribution in [2.75, 3.05) is 13.1 Å². The molecule has 0 radical (unpaired) electrons. The molecule has 1 aliphatic carbocycles. The molecule has 3 fully saturated rings. The molecule has 2 heteroatoms. The summed E-state index contributed by atoms with van der Waals surface area (Å²) in [6.45, 7) is 4.57. The first-order valence-electron chi connectivity index (χ1n) is 4.76. The number of hydrogen-bond acceptors (Lipinski definition) is 2. The van der Waals surface area contributed by atoms with Crippen molar-refractivity contribution in [3.8, 4) is 0 Å². The third-order valence-corrected chi connectivity index (χ3v) is 3.39. The Morgan fingerprint density at radius 1 is 1.45 bits per heavy atom. The standard InChI is InChI=1S/C9H18N2/c1-2-11-7-9(10)5-3-8(11)4-6-9/h8H,2-7,10H2,1H3/t8-,9-. The van der Waals surface area contributed by atoms with Crippen molar-refractivity contribution in [2.45, 2.75) is 44.2 Å². The summed E-state index contributed by atoms with van der Waals surface area (Å²) in [5.74, 6) is 0. The van der Waals surface area contributed by atoms with Crippen molar-refractivity contribution in [3.05, 3.63) is 0 Å². The average molecular weight is 154 g/mol. The minimum atomic E-state index is 0.185. The highest BCUT2D eigenvalue weighted by Gasteiger charge is 2.40. The molecule has 0 amide bonds. The Balaban J connectivity index is 2.09. The monoisotopic (exact) mass is 154 g/mol. The van der Waals surface area contributed by atoms with Gasteiger partial charge < -0.3 is 5.73 Å². The largest absolute Gasteiger partial charge is 0.324 e. The molecule has 0 unspecified atom stereocenters. The summed E-state index contributed by atoms with van der Waals surface area (Å²) >= 11 is 0. The Bertz CT molecular complexity index is 148. The topological polar surface area (TPSA) is 29.3 Å². The molecule has 11 heavy (non-hydrogen) atoms. The lowest BCUT2D eigenvalue weighted by Gasteiger charge is -2.50.